The largest absolute Gasteiger partial charge is 0.490 e. The lowest BCUT2D eigenvalue weighted by molar-refractivity contribution is 0.254. The summed E-state index contributed by atoms with van der Waals surface area (Å²) in [7, 11) is 0. The van der Waals surface area contributed by atoms with Crippen molar-refractivity contribution < 1.29 is 4.74 Å². The summed E-state index contributed by atoms with van der Waals surface area (Å²) in [6, 6.07) is 6.76. The van der Waals surface area contributed by atoms with Crippen LogP contribution in [0.5, 0.6) is 5.75 Å². The summed E-state index contributed by atoms with van der Waals surface area (Å²) in [5, 5.41) is 0. The van der Waals surface area contributed by atoms with E-state index in [1.54, 1.807) is 0 Å². The van der Waals surface area contributed by atoms with Crippen molar-refractivity contribution in [3.63, 3.8) is 0 Å². The summed E-state index contributed by atoms with van der Waals surface area (Å²) in [6.07, 6.45) is 6.90. The topological polar surface area (TPSA) is 9.23 Å². The number of ether oxygens (including phenoxy) is 1. The Morgan fingerprint density at radius 1 is 1.16 bits per heavy atom. The molecule has 0 amide bonds. The minimum absolute atomic E-state index is 0.342. The van der Waals surface area contributed by atoms with E-state index in [2.05, 4.69) is 48.0 Å². The molecule has 0 aromatic heterocycles. The molecule has 0 saturated heterocycles. The van der Waals surface area contributed by atoms with Crippen molar-refractivity contribution in [1.82, 2.24) is 0 Å². The van der Waals surface area contributed by atoms with Crippen molar-refractivity contribution in [3.8, 4) is 5.75 Å². The zero-order valence-corrected chi connectivity index (χ0v) is 13.4. The van der Waals surface area contributed by atoms with E-state index in [0.29, 0.717) is 10.9 Å². The average Bonchev–Trinajstić information content (AvgIpc) is 2.77. The van der Waals surface area contributed by atoms with E-state index in [1.165, 1.54) is 36.8 Å². The van der Waals surface area contributed by atoms with Crippen molar-refractivity contribution in [2.75, 3.05) is 0 Å². The molecule has 0 spiro atoms. The minimum atomic E-state index is 0.342. The molecule has 1 aliphatic heterocycles. The Bertz CT molecular complexity index is 449. The molecule has 1 aromatic carbocycles. The molecule has 19 heavy (non-hydrogen) atoms. The van der Waals surface area contributed by atoms with Gasteiger partial charge in [0.15, 0.2) is 0 Å². The first-order valence-corrected chi connectivity index (χ1v) is 8.48. The van der Waals surface area contributed by atoms with Gasteiger partial charge in [0.25, 0.3) is 0 Å². The number of fused-ring (bicyclic) bond motifs is 1. The molecule has 1 aromatic rings. The normalized spacial score (nSPS) is 31.6. The Morgan fingerprint density at radius 3 is 2.63 bits per heavy atom. The van der Waals surface area contributed by atoms with Crippen LogP contribution in [0.4, 0.5) is 0 Å². The Balaban J connectivity index is 1.74. The minimum Gasteiger partial charge on any atom is -0.490 e. The second-order valence-electron chi connectivity index (χ2n) is 6.42. The second kappa shape index (κ2) is 5.47. The highest BCUT2D eigenvalue weighted by molar-refractivity contribution is 9.09. The Labute approximate surface area is 124 Å². The molecule has 2 unspecified atom stereocenters. The fraction of sp³-hybridized carbons (Fsp3) is 0.647. The van der Waals surface area contributed by atoms with Crippen LogP contribution in [-0.2, 0) is 6.42 Å². The van der Waals surface area contributed by atoms with Crippen LogP contribution in [0.2, 0.25) is 0 Å². The number of halogens is 1. The zero-order chi connectivity index (χ0) is 13.4. The van der Waals surface area contributed by atoms with Gasteiger partial charge in [-0.15, -0.1) is 0 Å². The lowest BCUT2D eigenvalue weighted by Crippen LogP contribution is -2.16. The molecule has 2 heteroatoms. The summed E-state index contributed by atoms with van der Waals surface area (Å²) >= 11 is 3.95. The van der Waals surface area contributed by atoms with Crippen LogP contribution in [-0.4, -0.2) is 6.10 Å². The van der Waals surface area contributed by atoms with Gasteiger partial charge < -0.3 is 4.74 Å². The number of alkyl halides is 1. The van der Waals surface area contributed by atoms with Crippen molar-refractivity contribution in [2.45, 2.75) is 56.9 Å². The van der Waals surface area contributed by atoms with E-state index in [-0.39, 0.29) is 0 Å². The Kier molecular flexibility index (Phi) is 3.88. The van der Waals surface area contributed by atoms with Crippen LogP contribution in [0.1, 0.15) is 55.5 Å². The van der Waals surface area contributed by atoms with Gasteiger partial charge in [-0.1, -0.05) is 47.8 Å². The molecule has 1 saturated carbocycles. The van der Waals surface area contributed by atoms with Crippen LogP contribution < -0.4 is 4.74 Å². The average molecular weight is 323 g/mol. The zero-order valence-electron chi connectivity index (χ0n) is 11.9. The van der Waals surface area contributed by atoms with Gasteiger partial charge in [-0.3, -0.25) is 0 Å². The van der Waals surface area contributed by atoms with Crippen LogP contribution in [0.25, 0.3) is 0 Å². The Hall–Kier alpha value is -0.500. The summed E-state index contributed by atoms with van der Waals surface area (Å²) in [6.45, 7) is 4.53. The van der Waals surface area contributed by atoms with E-state index < -0.39 is 0 Å². The Morgan fingerprint density at radius 2 is 1.89 bits per heavy atom. The van der Waals surface area contributed by atoms with Crippen molar-refractivity contribution in [2.24, 2.45) is 11.8 Å². The van der Waals surface area contributed by atoms with Crippen molar-refractivity contribution >= 4 is 15.9 Å². The fourth-order valence-corrected chi connectivity index (χ4v) is 4.28. The van der Waals surface area contributed by atoms with Crippen LogP contribution >= 0.6 is 15.9 Å². The first-order chi connectivity index (χ1) is 9.13. The smallest absolute Gasteiger partial charge is 0.123 e. The molecule has 0 N–H and O–H groups in total. The molecule has 104 valence electrons. The van der Waals surface area contributed by atoms with E-state index in [9.17, 15) is 0 Å². The summed E-state index contributed by atoms with van der Waals surface area (Å²) in [4.78, 5) is 0.515. The van der Waals surface area contributed by atoms with Gasteiger partial charge >= 0.3 is 0 Å². The predicted octanol–water partition coefficient (Wildman–Crippen LogP) is 5.27. The lowest BCUT2D eigenvalue weighted by Gasteiger charge is -2.30. The summed E-state index contributed by atoms with van der Waals surface area (Å²) < 4.78 is 5.79. The maximum absolute atomic E-state index is 5.79. The molecule has 1 fully saturated rings. The first-order valence-electron chi connectivity index (χ1n) is 7.57. The summed E-state index contributed by atoms with van der Waals surface area (Å²) in [5.74, 6) is 2.81. The second-order valence-corrected chi connectivity index (χ2v) is 7.41. The third kappa shape index (κ3) is 2.84. The van der Waals surface area contributed by atoms with E-state index in [0.717, 1.165) is 24.0 Å². The van der Waals surface area contributed by atoms with Gasteiger partial charge in [0.1, 0.15) is 11.9 Å². The molecule has 1 aliphatic carbocycles. The highest BCUT2D eigenvalue weighted by atomic mass is 79.9. The van der Waals surface area contributed by atoms with E-state index in [4.69, 9.17) is 4.74 Å². The maximum atomic E-state index is 5.79. The number of rotatable bonds is 2. The van der Waals surface area contributed by atoms with Gasteiger partial charge in [-0.2, -0.15) is 0 Å². The van der Waals surface area contributed by atoms with Gasteiger partial charge in [-0.05, 0) is 48.8 Å². The highest BCUT2D eigenvalue weighted by Crippen LogP contribution is 2.43. The molecule has 2 aliphatic rings. The number of hydrogen-bond donors (Lipinski definition) is 0. The van der Waals surface area contributed by atoms with E-state index in [1.807, 2.05) is 0 Å². The SMILES string of the molecule is CC1CCC(C(Br)c2ccc3c(c2)CC(C)O3)CC1. The van der Waals surface area contributed by atoms with Gasteiger partial charge in [0.2, 0.25) is 0 Å². The molecule has 0 bridgehead atoms. The predicted molar refractivity (Wildman–Crippen MR) is 83.0 cm³/mol. The first kappa shape index (κ1) is 13.5. The van der Waals surface area contributed by atoms with Gasteiger partial charge in [0.05, 0.1) is 0 Å². The fourth-order valence-electron chi connectivity index (χ4n) is 3.46. The van der Waals surface area contributed by atoms with Crippen LogP contribution in [0.3, 0.4) is 0 Å². The number of hydrogen-bond acceptors (Lipinski definition) is 1. The molecular formula is C17H23BrO. The quantitative estimate of drug-likeness (QED) is 0.674. The van der Waals surface area contributed by atoms with Gasteiger partial charge in [0, 0.05) is 11.2 Å². The molecular weight excluding hydrogens is 300 g/mol. The molecule has 1 heterocycles. The molecule has 0 radical (unpaired) electrons. The van der Waals surface area contributed by atoms with Crippen molar-refractivity contribution in [1.29, 1.82) is 0 Å². The molecule has 2 atom stereocenters. The molecule has 1 nitrogen and oxygen atoms in total. The van der Waals surface area contributed by atoms with Crippen LogP contribution in [0.15, 0.2) is 18.2 Å². The molecule has 3 rings (SSSR count). The monoisotopic (exact) mass is 322 g/mol. The van der Waals surface area contributed by atoms with Gasteiger partial charge in [-0.25, -0.2) is 0 Å². The summed E-state index contributed by atoms with van der Waals surface area (Å²) in [5.41, 5.74) is 2.83. The third-order valence-electron chi connectivity index (χ3n) is 4.71. The van der Waals surface area contributed by atoms with Crippen LogP contribution in [0, 0.1) is 11.8 Å². The standard InChI is InChI=1S/C17H23BrO/c1-11-3-5-13(6-4-11)17(18)14-7-8-16-15(10-14)9-12(2)19-16/h7-8,10-13,17H,3-6,9H2,1-2H3. The lowest BCUT2D eigenvalue weighted by atomic mass is 9.80. The van der Waals surface area contributed by atoms with E-state index >= 15 is 0 Å². The maximum Gasteiger partial charge on any atom is 0.123 e. The highest BCUT2D eigenvalue weighted by Gasteiger charge is 2.27. The third-order valence-corrected chi connectivity index (χ3v) is 5.99. The van der Waals surface area contributed by atoms with Crippen molar-refractivity contribution in [3.05, 3.63) is 29.3 Å². The number of benzene rings is 1.